The minimum Gasteiger partial charge on any atom is -0.395 e. The van der Waals surface area contributed by atoms with E-state index in [4.69, 9.17) is 16.7 Å². The predicted octanol–water partition coefficient (Wildman–Crippen LogP) is 1.65. The number of aromatic nitrogens is 3. The van der Waals surface area contributed by atoms with E-state index in [0.717, 1.165) is 5.56 Å². The predicted molar refractivity (Wildman–Crippen MR) is 117 cm³/mol. The summed E-state index contributed by atoms with van der Waals surface area (Å²) in [7, 11) is 0. The molecule has 0 fully saturated rings. The summed E-state index contributed by atoms with van der Waals surface area (Å²) in [6, 6.07) is 7.97. The number of rotatable bonds is 9. The van der Waals surface area contributed by atoms with Gasteiger partial charge in [0.1, 0.15) is 12.4 Å². The van der Waals surface area contributed by atoms with Gasteiger partial charge in [-0.15, -0.1) is 0 Å². The molecule has 1 amide bonds. The Kier molecular flexibility index (Phi) is 7.59. The van der Waals surface area contributed by atoms with Crippen molar-refractivity contribution in [1.82, 2.24) is 20.3 Å². The van der Waals surface area contributed by atoms with Crippen molar-refractivity contribution >= 4 is 23.5 Å². The number of carbonyl (C=O) groups is 1. The quantitative estimate of drug-likeness (QED) is 0.316. The van der Waals surface area contributed by atoms with E-state index in [1.807, 2.05) is 6.92 Å². The van der Waals surface area contributed by atoms with Gasteiger partial charge in [-0.25, -0.2) is 9.97 Å². The minimum absolute atomic E-state index is 0.153. The Hall–Kier alpha value is -2.98. The van der Waals surface area contributed by atoms with Crippen LogP contribution >= 0.6 is 11.6 Å². The first-order chi connectivity index (χ1) is 15.0. The number of hydrogen-bond acceptors (Lipinski definition) is 7. The highest BCUT2D eigenvalue weighted by atomic mass is 35.5. The molecule has 1 aromatic carbocycles. The van der Waals surface area contributed by atoms with Crippen LogP contribution in [0.1, 0.15) is 27.7 Å². The second-order valence-electron chi connectivity index (χ2n) is 6.90. The van der Waals surface area contributed by atoms with E-state index in [9.17, 15) is 15.0 Å². The Morgan fingerprint density at radius 3 is 2.77 bits per heavy atom. The van der Waals surface area contributed by atoms with Gasteiger partial charge in [0, 0.05) is 29.5 Å². The number of nitrogens with zero attached hydrogens (tertiary/aromatic N) is 3. The maximum atomic E-state index is 12.7. The van der Waals surface area contributed by atoms with Gasteiger partial charge < -0.3 is 30.5 Å². The van der Waals surface area contributed by atoms with Gasteiger partial charge in [-0.3, -0.25) is 4.79 Å². The lowest BCUT2D eigenvalue weighted by atomic mass is 10.1. The van der Waals surface area contributed by atoms with Gasteiger partial charge in [0.05, 0.1) is 24.9 Å². The molecule has 0 saturated heterocycles. The van der Waals surface area contributed by atoms with Crippen LogP contribution in [0, 0.1) is 6.92 Å². The summed E-state index contributed by atoms with van der Waals surface area (Å²) < 4.78 is 0. The van der Waals surface area contributed by atoms with Crippen molar-refractivity contribution in [1.29, 1.82) is 0 Å². The van der Waals surface area contributed by atoms with Crippen LogP contribution in [-0.4, -0.2) is 62.7 Å². The van der Waals surface area contributed by atoms with E-state index in [-0.39, 0.29) is 32.4 Å². The summed E-state index contributed by atoms with van der Waals surface area (Å²) >= 11 is 6.01. The fraction of sp³-hybridized carbons (Fsp3) is 0.286. The van der Waals surface area contributed by atoms with Crippen molar-refractivity contribution in [2.75, 3.05) is 31.4 Å². The summed E-state index contributed by atoms with van der Waals surface area (Å²) in [6.07, 6.45) is 3.27. The molecule has 0 saturated carbocycles. The van der Waals surface area contributed by atoms with Crippen molar-refractivity contribution < 1.29 is 20.1 Å². The first-order valence-corrected chi connectivity index (χ1v) is 10.0. The van der Waals surface area contributed by atoms with Crippen LogP contribution in [-0.2, 0) is 0 Å². The third-order valence-electron chi connectivity index (χ3n) is 4.72. The highest BCUT2D eigenvalue weighted by Crippen LogP contribution is 2.24. The molecule has 3 rings (SSSR count). The van der Waals surface area contributed by atoms with Crippen molar-refractivity contribution in [2.24, 2.45) is 0 Å². The second kappa shape index (κ2) is 10.4. The molecule has 0 aliphatic rings. The Morgan fingerprint density at radius 2 is 2.10 bits per heavy atom. The Labute approximate surface area is 184 Å². The molecular weight excluding hydrogens is 422 g/mol. The van der Waals surface area contributed by atoms with Crippen molar-refractivity contribution in [3.05, 3.63) is 64.6 Å². The molecule has 0 bridgehead atoms. The Balaban J connectivity index is 1.81. The molecule has 2 heterocycles. The van der Waals surface area contributed by atoms with Crippen LogP contribution in [0.25, 0.3) is 11.3 Å². The zero-order valence-electron chi connectivity index (χ0n) is 16.9. The first-order valence-electron chi connectivity index (χ1n) is 9.63. The number of carbonyl (C=O) groups excluding carboxylic acids is 1. The molecule has 1 atom stereocenters. The standard InChI is InChI=1S/C21H24ClN5O4/c1-13-9-24-21(27(12-30)5-6-28)26-19(13)15-8-17(23-10-15)20(31)25-18(11-29)14-3-2-4-16(22)7-14/h2-4,7-10,18,23,28-30H,5-6,11-12H2,1H3,(H,25,31). The van der Waals surface area contributed by atoms with Crippen LogP contribution in [0.2, 0.25) is 5.02 Å². The van der Waals surface area contributed by atoms with Gasteiger partial charge in [0.25, 0.3) is 5.91 Å². The van der Waals surface area contributed by atoms with E-state index < -0.39 is 11.9 Å². The molecular formula is C21H24ClN5O4. The number of aliphatic hydroxyl groups excluding tert-OH is 3. The van der Waals surface area contributed by atoms with Crippen LogP contribution < -0.4 is 10.2 Å². The lowest BCUT2D eigenvalue weighted by molar-refractivity contribution is 0.0911. The van der Waals surface area contributed by atoms with E-state index in [1.165, 1.54) is 4.90 Å². The van der Waals surface area contributed by atoms with Gasteiger partial charge in [-0.1, -0.05) is 23.7 Å². The zero-order valence-corrected chi connectivity index (χ0v) is 17.7. The van der Waals surface area contributed by atoms with Gasteiger partial charge in [-0.2, -0.15) is 0 Å². The third-order valence-corrected chi connectivity index (χ3v) is 4.96. The number of aromatic amines is 1. The maximum absolute atomic E-state index is 12.7. The lowest BCUT2D eigenvalue weighted by Crippen LogP contribution is -2.31. The monoisotopic (exact) mass is 445 g/mol. The number of amides is 1. The largest absolute Gasteiger partial charge is 0.395 e. The summed E-state index contributed by atoms with van der Waals surface area (Å²) in [5.41, 5.74) is 3.02. The van der Waals surface area contributed by atoms with Crippen LogP contribution in [0.4, 0.5) is 5.95 Å². The molecule has 31 heavy (non-hydrogen) atoms. The number of nitrogens with one attached hydrogen (secondary N) is 2. The minimum atomic E-state index is -0.609. The number of benzene rings is 1. The van der Waals surface area contributed by atoms with Crippen LogP contribution in [0.15, 0.2) is 42.7 Å². The third kappa shape index (κ3) is 5.39. The molecule has 10 heteroatoms. The van der Waals surface area contributed by atoms with Gasteiger partial charge in [-0.05, 0) is 36.2 Å². The van der Waals surface area contributed by atoms with Crippen molar-refractivity contribution in [3.8, 4) is 11.3 Å². The van der Waals surface area contributed by atoms with E-state index in [0.29, 0.717) is 27.5 Å². The molecule has 3 aromatic rings. The smallest absolute Gasteiger partial charge is 0.268 e. The molecule has 1 unspecified atom stereocenters. The molecule has 9 nitrogen and oxygen atoms in total. The second-order valence-corrected chi connectivity index (χ2v) is 7.33. The molecule has 2 aromatic heterocycles. The Bertz CT molecular complexity index is 1040. The normalized spacial score (nSPS) is 11.9. The van der Waals surface area contributed by atoms with Gasteiger partial charge in [0.15, 0.2) is 0 Å². The SMILES string of the molecule is Cc1cnc(N(CO)CCO)nc1-c1c[nH]c(C(=O)NC(CO)c2cccc(Cl)c2)c1. The number of hydrogen-bond donors (Lipinski definition) is 5. The molecule has 0 aliphatic carbocycles. The van der Waals surface area contributed by atoms with Gasteiger partial charge in [0.2, 0.25) is 5.95 Å². The highest BCUT2D eigenvalue weighted by molar-refractivity contribution is 6.30. The fourth-order valence-electron chi connectivity index (χ4n) is 3.09. The molecule has 0 spiro atoms. The topological polar surface area (TPSA) is 135 Å². The van der Waals surface area contributed by atoms with E-state index in [1.54, 1.807) is 42.7 Å². The van der Waals surface area contributed by atoms with Crippen LogP contribution in [0.3, 0.4) is 0 Å². The number of H-pyrrole nitrogens is 1. The summed E-state index contributed by atoms with van der Waals surface area (Å²) in [4.78, 5) is 25.8. The molecule has 0 aliphatic heterocycles. The van der Waals surface area contributed by atoms with Gasteiger partial charge >= 0.3 is 0 Å². The molecule has 0 radical (unpaired) electrons. The molecule has 5 N–H and O–H groups in total. The zero-order chi connectivity index (χ0) is 22.4. The maximum Gasteiger partial charge on any atom is 0.268 e. The lowest BCUT2D eigenvalue weighted by Gasteiger charge is -2.19. The molecule has 164 valence electrons. The number of anilines is 1. The van der Waals surface area contributed by atoms with E-state index >= 15 is 0 Å². The van der Waals surface area contributed by atoms with Crippen molar-refractivity contribution in [3.63, 3.8) is 0 Å². The first kappa shape index (κ1) is 22.7. The average Bonchev–Trinajstić information content (AvgIpc) is 3.26. The average molecular weight is 446 g/mol. The fourth-order valence-corrected chi connectivity index (χ4v) is 3.29. The summed E-state index contributed by atoms with van der Waals surface area (Å²) in [5.74, 6) is -0.125. The van der Waals surface area contributed by atoms with Crippen LogP contribution in [0.5, 0.6) is 0 Å². The number of aliphatic hydroxyl groups is 3. The summed E-state index contributed by atoms with van der Waals surface area (Å²) in [6.45, 7) is 1.25. The van der Waals surface area contributed by atoms with Crippen molar-refractivity contribution in [2.45, 2.75) is 13.0 Å². The number of aryl methyl sites for hydroxylation is 1. The van der Waals surface area contributed by atoms with E-state index in [2.05, 4.69) is 20.3 Å². The Morgan fingerprint density at radius 1 is 1.29 bits per heavy atom. The number of halogens is 1. The highest BCUT2D eigenvalue weighted by Gasteiger charge is 2.18. The summed E-state index contributed by atoms with van der Waals surface area (Å²) in [5, 5.41) is 31.6.